The van der Waals surface area contributed by atoms with Crippen LogP contribution in [-0.2, 0) is 6.54 Å². The Labute approximate surface area is 148 Å². The Morgan fingerprint density at radius 3 is 2.40 bits per heavy atom. The zero-order valence-electron chi connectivity index (χ0n) is 14.6. The van der Waals surface area contributed by atoms with Gasteiger partial charge >= 0.3 is 0 Å². The minimum Gasteiger partial charge on any atom is -0.493 e. The van der Waals surface area contributed by atoms with E-state index in [1.165, 1.54) is 10.8 Å². The summed E-state index contributed by atoms with van der Waals surface area (Å²) in [5, 5.41) is 5.50. The van der Waals surface area contributed by atoms with Crippen molar-refractivity contribution >= 4 is 10.8 Å². The summed E-state index contributed by atoms with van der Waals surface area (Å²) in [6.07, 6.45) is 0. The van der Waals surface area contributed by atoms with Gasteiger partial charge in [-0.15, -0.1) is 0 Å². The molecule has 0 amide bonds. The van der Waals surface area contributed by atoms with Gasteiger partial charge in [-0.05, 0) is 47.6 Å². The van der Waals surface area contributed by atoms with Crippen LogP contribution < -0.4 is 19.5 Å². The molecule has 0 bridgehead atoms. The van der Waals surface area contributed by atoms with Gasteiger partial charge in [-0.2, -0.15) is 0 Å². The topological polar surface area (TPSA) is 39.7 Å². The van der Waals surface area contributed by atoms with E-state index in [9.17, 15) is 0 Å². The molecule has 0 unspecified atom stereocenters. The third-order valence-corrected chi connectivity index (χ3v) is 3.94. The summed E-state index contributed by atoms with van der Waals surface area (Å²) in [6.45, 7) is 1.72. The smallest absolute Gasteiger partial charge is 0.161 e. The van der Waals surface area contributed by atoms with Crippen LogP contribution in [0.3, 0.4) is 0 Å². The van der Waals surface area contributed by atoms with Crippen LogP contribution >= 0.6 is 0 Å². The molecule has 0 radical (unpaired) electrons. The number of hydrogen-bond donors (Lipinski definition) is 1. The van der Waals surface area contributed by atoms with Crippen molar-refractivity contribution < 1.29 is 14.2 Å². The van der Waals surface area contributed by atoms with Crippen molar-refractivity contribution in [2.24, 2.45) is 0 Å². The van der Waals surface area contributed by atoms with Crippen molar-refractivity contribution in [2.45, 2.75) is 6.54 Å². The Kier molecular flexibility index (Phi) is 5.75. The zero-order valence-corrected chi connectivity index (χ0v) is 14.6. The lowest BCUT2D eigenvalue weighted by Gasteiger charge is -2.13. The molecular formula is C21H23NO3. The molecule has 3 aromatic rings. The van der Waals surface area contributed by atoms with Gasteiger partial charge < -0.3 is 19.5 Å². The van der Waals surface area contributed by atoms with Crippen LogP contribution in [0.4, 0.5) is 0 Å². The number of fused-ring (bicyclic) bond motifs is 1. The van der Waals surface area contributed by atoms with Crippen molar-refractivity contribution in [1.29, 1.82) is 0 Å². The Balaban J connectivity index is 1.55. The molecule has 0 atom stereocenters. The van der Waals surface area contributed by atoms with Gasteiger partial charge in [0, 0.05) is 6.54 Å². The molecule has 0 heterocycles. The van der Waals surface area contributed by atoms with Crippen molar-refractivity contribution in [3.63, 3.8) is 0 Å². The lowest BCUT2D eigenvalue weighted by molar-refractivity contribution is 0.211. The van der Waals surface area contributed by atoms with Gasteiger partial charge in [-0.3, -0.25) is 0 Å². The second-order valence-corrected chi connectivity index (χ2v) is 5.72. The number of benzene rings is 3. The minimum absolute atomic E-state index is 0.453. The van der Waals surface area contributed by atoms with Crippen LogP contribution in [0.1, 0.15) is 5.56 Å². The molecule has 0 aliphatic rings. The highest BCUT2D eigenvalue weighted by Crippen LogP contribution is 2.28. The average Bonchev–Trinajstić information content (AvgIpc) is 2.66. The summed E-state index contributed by atoms with van der Waals surface area (Å²) in [5.74, 6) is 2.31. The summed E-state index contributed by atoms with van der Waals surface area (Å²) in [4.78, 5) is 0. The molecule has 0 aliphatic heterocycles. The monoisotopic (exact) mass is 337 g/mol. The molecule has 0 spiro atoms. The Morgan fingerprint density at radius 1 is 0.800 bits per heavy atom. The second-order valence-electron chi connectivity index (χ2n) is 5.72. The molecule has 0 fully saturated rings. The first-order valence-electron chi connectivity index (χ1n) is 8.36. The van der Waals surface area contributed by atoms with E-state index in [0.717, 1.165) is 29.4 Å². The summed E-state index contributed by atoms with van der Waals surface area (Å²) in [5.41, 5.74) is 1.15. The first-order chi connectivity index (χ1) is 12.3. The van der Waals surface area contributed by atoms with E-state index < -0.39 is 0 Å². The van der Waals surface area contributed by atoms with Gasteiger partial charge in [0.2, 0.25) is 0 Å². The quantitative estimate of drug-likeness (QED) is 0.630. The molecule has 1 N–H and O–H groups in total. The fourth-order valence-corrected chi connectivity index (χ4v) is 2.71. The van der Waals surface area contributed by atoms with E-state index in [1.807, 2.05) is 49.5 Å². The SMILES string of the molecule is CNCc1ccc(OCCOc2ccc3ccccc3c2)c(OC)c1. The first kappa shape index (κ1) is 17.1. The normalized spacial score (nSPS) is 10.6. The summed E-state index contributed by atoms with van der Waals surface area (Å²) in [6, 6.07) is 20.3. The van der Waals surface area contributed by atoms with Crippen molar-refractivity contribution in [3.8, 4) is 17.2 Å². The predicted molar refractivity (Wildman–Crippen MR) is 101 cm³/mol. The van der Waals surface area contributed by atoms with Crippen molar-refractivity contribution in [1.82, 2.24) is 5.32 Å². The lowest BCUT2D eigenvalue weighted by atomic mass is 10.1. The molecule has 0 aliphatic carbocycles. The molecule has 4 heteroatoms. The number of ether oxygens (including phenoxy) is 3. The predicted octanol–water partition coefficient (Wildman–Crippen LogP) is 4.03. The van der Waals surface area contributed by atoms with E-state index in [4.69, 9.17) is 14.2 Å². The summed E-state index contributed by atoms with van der Waals surface area (Å²) < 4.78 is 17.0. The van der Waals surface area contributed by atoms with Gasteiger partial charge in [0.15, 0.2) is 11.5 Å². The molecule has 0 aromatic heterocycles. The molecule has 0 saturated heterocycles. The maximum Gasteiger partial charge on any atom is 0.161 e. The maximum absolute atomic E-state index is 5.80. The van der Waals surface area contributed by atoms with E-state index in [1.54, 1.807) is 7.11 Å². The number of nitrogens with one attached hydrogen (secondary N) is 1. The standard InChI is InChI=1S/C21H23NO3/c1-22-15-16-7-10-20(21(13-16)23-2)25-12-11-24-19-9-8-17-5-3-4-6-18(17)14-19/h3-10,13-14,22H,11-12,15H2,1-2H3. The van der Waals surface area contributed by atoms with E-state index in [0.29, 0.717) is 13.2 Å². The van der Waals surface area contributed by atoms with E-state index in [2.05, 4.69) is 23.5 Å². The largest absolute Gasteiger partial charge is 0.493 e. The van der Waals surface area contributed by atoms with E-state index >= 15 is 0 Å². The number of rotatable bonds is 8. The first-order valence-corrected chi connectivity index (χ1v) is 8.36. The Hall–Kier alpha value is -2.72. The van der Waals surface area contributed by atoms with Crippen LogP contribution in [0.25, 0.3) is 10.8 Å². The van der Waals surface area contributed by atoms with Gasteiger partial charge in [-0.25, -0.2) is 0 Å². The highest BCUT2D eigenvalue weighted by Gasteiger charge is 2.06. The highest BCUT2D eigenvalue weighted by molar-refractivity contribution is 5.83. The van der Waals surface area contributed by atoms with Crippen LogP contribution in [0, 0.1) is 0 Å². The second kappa shape index (κ2) is 8.40. The molecule has 130 valence electrons. The molecule has 4 nitrogen and oxygen atoms in total. The third kappa shape index (κ3) is 4.43. The Morgan fingerprint density at radius 2 is 1.60 bits per heavy atom. The van der Waals surface area contributed by atoms with Gasteiger partial charge in [0.25, 0.3) is 0 Å². The fraction of sp³-hybridized carbons (Fsp3) is 0.238. The van der Waals surface area contributed by atoms with Gasteiger partial charge in [-0.1, -0.05) is 36.4 Å². The van der Waals surface area contributed by atoms with Crippen LogP contribution in [-0.4, -0.2) is 27.4 Å². The lowest BCUT2D eigenvalue weighted by Crippen LogP contribution is -2.10. The molecule has 25 heavy (non-hydrogen) atoms. The molecule has 3 rings (SSSR count). The molecule has 3 aromatic carbocycles. The summed E-state index contributed by atoms with van der Waals surface area (Å²) >= 11 is 0. The molecular weight excluding hydrogens is 314 g/mol. The van der Waals surface area contributed by atoms with E-state index in [-0.39, 0.29) is 0 Å². The minimum atomic E-state index is 0.453. The Bertz CT molecular complexity index is 832. The highest BCUT2D eigenvalue weighted by atomic mass is 16.5. The third-order valence-electron chi connectivity index (χ3n) is 3.94. The van der Waals surface area contributed by atoms with Crippen LogP contribution in [0.15, 0.2) is 60.7 Å². The fourth-order valence-electron chi connectivity index (χ4n) is 2.71. The number of methoxy groups -OCH3 is 1. The van der Waals surface area contributed by atoms with Crippen LogP contribution in [0.5, 0.6) is 17.2 Å². The van der Waals surface area contributed by atoms with Gasteiger partial charge in [0.1, 0.15) is 19.0 Å². The van der Waals surface area contributed by atoms with Crippen molar-refractivity contribution in [3.05, 3.63) is 66.2 Å². The van der Waals surface area contributed by atoms with Crippen molar-refractivity contribution in [2.75, 3.05) is 27.4 Å². The zero-order chi connectivity index (χ0) is 17.5. The summed E-state index contributed by atoms with van der Waals surface area (Å²) in [7, 11) is 3.57. The average molecular weight is 337 g/mol. The van der Waals surface area contributed by atoms with Gasteiger partial charge in [0.05, 0.1) is 7.11 Å². The maximum atomic E-state index is 5.80. The molecule has 0 saturated carbocycles. The number of hydrogen-bond acceptors (Lipinski definition) is 4. The van der Waals surface area contributed by atoms with Crippen LogP contribution in [0.2, 0.25) is 0 Å².